The molecule has 1 fully saturated rings. The zero-order valence-corrected chi connectivity index (χ0v) is 12.1. The fourth-order valence-corrected chi connectivity index (χ4v) is 2.94. The van der Waals surface area contributed by atoms with Crippen LogP contribution in [0.5, 0.6) is 5.75 Å². The molecule has 1 aromatic carbocycles. The van der Waals surface area contributed by atoms with Gasteiger partial charge in [0.15, 0.2) is 0 Å². The molecule has 0 aromatic heterocycles. The summed E-state index contributed by atoms with van der Waals surface area (Å²) in [6, 6.07) is 6.94. The highest BCUT2D eigenvalue weighted by Crippen LogP contribution is 2.30. The van der Waals surface area contributed by atoms with E-state index < -0.39 is 6.10 Å². The lowest BCUT2D eigenvalue weighted by Crippen LogP contribution is -2.41. The van der Waals surface area contributed by atoms with Crippen molar-refractivity contribution < 1.29 is 9.84 Å². The number of hydrogen-bond donors (Lipinski definition) is 2. The number of nitrogens with one attached hydrogen (secondary N) is 1. The summed E-state index contributed by atoms with van der Waals surface area (Å²) in [5, 5.41) is 14.0. The van der Waals surface area contributed by atoms with Crippen LogP contribution in [0.1, 0.15) is 49.8 Å². The van der Waals surface area contributed by atoms with Gasteiger partial charge in [0, 0.05) is 17.6 Å². The van der Waals surface area contributed by atoms with Gasteiger partial charge in [-0.1, -0.05) is 18.1 Å². The van der Waals surface area contributed by atoms with Crippen molar-refractivity contribution in [3.05, 3.63) is 29.3 Å². The van der Waals surface area contributed by atoms with Gasteiger partial charge < -0.3 is 15.2 Å². The van der Waals surface area contributed by atoms with Gasteiger partial charge in [0.2, 0.25) is 0 Å². The molecule has 19 heavy (non-hydrogen) atoms. The second-order valence-electron chi connectivity index (χ2n) is 5.69. The number of ether oxygens (including phenoxy) is 1. The number of aliphatic hydroxyl groups is 1. The summed E-state index contributed by atoms with van der Waals surface area (Å²) in [4.78, 5) is 0. The Bertz CT molecular complexity index is 419. The Morgan fingerprint density at radius 3 is 2.89 bits per heavy atom. The van der Waals surface area contributed by atoms with Crippen molar-refractivity contribution in [2.24, 2.45) is 0 Å². The van der Waals surface area contributed by atoms with Crippen molar-refractivity contribution in [1.29, 1.82) is 0 Å². The lowest BCUT2D eigenvalue weighted by Gasteiger charge is -2.30. The third kappa shape index (κ3) is 3.71. The van der Waals surface area contributed by atoms with Crippen LogP contribution in [0, 0.1) is 6.92 Å². The van der Waals surface area contributed by atoms with Crippen LogP contribution in [0.15, 0.2) is 18.2 Å². The first-order chi connectivity index (χ1) is 9.10. The summed E-state index contributed by atoms with van der Waals surface area (Å²) < 4.78 is 5.35. The molecule has 0 aliphatic carbocycles. The highest BCUT2D eigenvalue weighted by atomic mass is 16.5. The van der Waals surface area contributed by atoms with Crippen LogP contribution in [0.25, 0.3) is 0 Å². The van der Waals surface area contributed by atoms with E-state index in [1.807, 2.05) is 25.1 Å². The highest BCUT2D eigenvalue weighted by molar-refractivity contribution is 5.38. The van der Waals surface area contributed by atoms with Crippen LogP contribution >= 0.6 is 0 Å². The molecule has 3 unspecified atom stereocenters. The molecule has 1 aliphatic heterocycles. The molecule has 1 saturated heterocycles. The Morgan fingerprint density at radius 2 is 2.21 bits per heavy atom. The van der Waals surface area contributed by atoms with Crippen LogP contribution < -0.4 is 10.1 Å². The minimum atomic E-state index is -0.461. The number of benzene rings is 1. The van der Waals surface area contributed by atoms with Crippen molar-refractivity contribution in [1.82, 2.24) is 5.32 Å². The van der Waals surface area contributed by atoms with Crippen LogP contribution in [-0.4, -0.2) is 24.3 Å². The Labute approximate surface area is 116 Å². The number of methoxy groups -OCH3 is 1. The fourth-order valence-electron chi connectivity index (χ4n) is 2.94. The molecular weight excluding hydrogens is 238 g/mol. The molecule has 0 spiro atoms. The quantitative estimate of drug-likeness (QED) is 0.877. The van der Waals surface area contributed by atoms with Gasteiger partial charge in [-0.05, 0) is 45.2 Å². The third-order valence-corrected chi connectivity index (χ3v) is 3.96. The largest absolute Gasteiger partial charge is 0.496 e. The number of rotatable bonds is 4. The van der Waals surface area contributed by atoms with Gasteiger partial charge in [-0.3, -0.25) is 0 Å². The van der Waals surface area contributed by atoms with E-state index in [0.717, 1.165) is 29.7 Å². The lowest BCUT2D eigenvalue weighted by molar-refractivity contribution is 0.136. The van der Waals surface area contributed by atoms with Gasteiger partial charge in [0.25, 0.3) is 0 Å². The second-order valence-corrected chi connectivity index (χ2v) is 5.69. The predicted molar refractivity (Wildman–Crippen MR) is 77.5 cm³/mol. The molecule has 1 aromatic rings. The summed E-state index contributed by atoms with van der Waals surface area (Å²) >= 11 is 0. The summed E-state index contributed by atoms with van der Waals surface area (Å²) in [6.07, 6.45) is 3.92. The summed E-state index contributed by atoms with van der Waals surface area (Å²) in [5.74, 6) is 0.780. The maximum absolute atomic E-state index is 10.5. The van der Waals surface area contributed by atoms with E-state index in [4.69, 9.17) is 4.74 Å². The van der Waals surface area contributed by atoms with Gasteiger partial charge in [-0.25, -0.2) is 0 Å². The molecule has 2 rings (SSSR count). The first kappa shape index (κ1) is 14.4. The Hall–Kier alpha value is -1.06. The van der Waals surface area contributed by atoms with Gasteiger partial charge in [-0.15, -0.1) is 0 Å². The van der Waals surface area contributed by atoms with Crippen molar-refractivity contribution in [3.63, 3.8) is 0 Å². The van der Waals surface area contributed by atoms with Crippen molar-refractivity contribution >= 4 is 0 Å². The lowest BCUT2D eigenvalue weighted by atomic mass is 9.92. The first-order valence-electron chi connectivity index (χ1n) is 7.18. The maximum atomic E-state index is 10.5. The normalized spacial score (nSPS) is 25.1. The summed E-state index contributed by atoms with van der Waals surface area (Å²) in [6.45, 7) is 4.25. The monoisotopic (exact) mass is 263 g/mol. The molecule has 1 heterocycles. The van der Waals surface area contributed by atoms with E-state index in [0.29, 0.717) is 12.1 Å². The zero-order chi connectivity index (χ0) is 13.8. The molecule has 1 aliphatic rings. The van der Waals surface area contributed by atoms with Crippen LogP contribution in [0.2, 0.25) is 0 Å². The van der Waals surface area contributed by atoms with E-state index in [9.17, 15) is 5.11 Å². The standard InChI is InChI=1S/C16H25NO2/c1-11-7-8-16(19-3)14(9-11)15(18)10-13-6-4-5-12(2)17-13/h7-9,12-13,15,17-18H,4-6,10H2,1-3H3. The molecule has 106 valence electrons. The average Bonchev–Trinajstić information content (AvgIpc) is 2.38. The Morgan fingerprint density at radius 1 is 1.42 bits per heavy atom. The van der Waals surface area contributed by atoms with Gasteiger partial charge >= 0.3 is 0 Å². The highest BCUT2D eigenvalue weighted by Gasteiger charge is 2.23. The average molecular weight is 263 g/mol. The van der Waals surface area contributed by atoms with Crippen molar-refractivity contribution in [2.75, 3.05) is 7.11 Å². The minimum absolute atomic E-state index is 0.406. The van der Waals surface area contributed by atoms with E-state index in [1.54, 1.807) is 7.11 Å². The summed E-state index contributed by atoms with van der Waals surface area (Å²) in [5.41, 5.74) is 2.06. The molecule has 3 heteroatoms. The van der Waals surface area contributed by atoms with Gasteiger partial charge in [-0.2, -0.15) is 0 Å². The number of hydrogen-bond acceptors (Lipinski definition) is 3. The number of piperidine rings is 1. The summed E-state index contributed by atoms with van der Waals surface area (Å²) in [7, 11) is 1.65. The maximum Gasteiger partial charge on any atom is 0.124 e. The smallest absolute Gasteiger partial charge is 0.124 e. The first-order valence-corrected chi connectivity index (χ1v) is 7.18. The Kier molecular flexibility index (Phi) is 4.83. The molecule has 3 nitrogen and oxygen atoms in total. The topological polar surface area (TPSA) is 41.5 Å². The molecular formula is C16H25NO2. The van der Waals surface area contributed by atoms with Crippen LogP contribution in [-0.2, 0) is 0 Å². The molecule has 0 bridgehead atoms. The second kappa shape index (κ2) is 6.40. The minimum Gasteiger partial charge on any atom is -0.496 e. The van der Waals surface area contributed by atoms with Crippen molar-refractivity contribution in [2.45, 2.75) is 57.7 Å². The molecule has 0 radical (unpaired) electrons. The zero-order valence-electron chi connectivity index (χ0n) is 12.1. The van der Waals surface area contributed by atoms with Crippen LogP contribution in [0.3, 0.4) is 0 Å². The molecule has 3 atom stereocenters. The fraction of sp³-hybridized carbons (Fsp3) is 0.625. The molecule has 0 amide bonds. The molecule has 0 saturated carbocycles. The van der Waals surface area contributed by atoms with Crippen molar-refractivity contribution in [3.8, 4) is 5.75 Å². The van der Waals surface area contributed by atoms with E-state index in [1.165, 1.54) is 12.8 Å². The SMILES string of the molecule is COc1ccc(C)cc1C(O)CC1CCCC(C)N1. The van der Waals surface area contributed by atoms with E-state index in [-0.39, 0.29) is 0 Å². The molecule has 2 N–H and O–H groups in total. The number of aryl methyl sites for hydroxylation is 1. The van der Waals surface area contributed by atoms with Gasteiger partial charge in [0.1, 0.15) is 5.75 Å². The number of aliphatic hydroxyl groups excluding tert-OH is 1. The predicted octanol–water partition coefficient (Wildman–Crippen LogP) is 2.96. The van der Waals surface area contributed by atoms with E-state index in [2.05, 4.69) is 12.2 Å². The van der Waals surface area contributed by atoms with E-state index >= 15 is 0 Å². The van der Waals surface area contributed by atoms with Gasteiger partial charge in [0.05, 0.1) is 13.2 Å². The Balaban J connectivity index is 2.06. The van der Waals surface area contributed by atoms with Crippen LogP contribution in [0.4, 0.5) is 0 Å². The third-order valence-electron chi connectivity index (χ3n) is 3.96.